The fourth-order valence-corrected chi connectivity index (χ4v) is 2.26. The van der Waals surface area contributed by atoms with Gasteiger partial charge in [0.1, 0.15) is 0 Å². The molecule has 0 saturated carbocycles. The van der Waals surface area contributed by atoms with Crippen LogP contribution in [0.2, 0.25) is 0 Å². The van der Waals surface area contributed by atoms with Crippen LogP contribution < -0.4 is 5.73 Å². The zero-order valence-electron chi connectivity index (χ0n) is 11.1. The number of rotatable bonds is 3. The molecule has 6 nitrogen and oxygen atoms in total. The Labute approximate surface area is 117 Å². The average molecular weight is 282 g/mol. The molecule has 2 rings (SSSR count). The Morgan fingerprint density at radius 3 is 2.58 bits per heavy atom. The monoisotopic (exact) mass is 282 g/mol. The van der Waals surface area contributed by atoms with Crippen LogP contribution in [-0.2, 0) is 0 Å². The van der Waals surface area contributed by atoms with Crippen molar-refractivity contribution in [2.24, 2.45) is 5.73 Å². The first-order valence-corrected chi connectivity index (χ1v) is 6.66. The number of thiocarbonyl (C=S) groups is 1. The van der Waals surface area contributed by atoms with Gasteiger partial charge in [-0.1, -0.05) is 17.4 Å². The third kappa shape index (κ3) is 3.10. The summed E-state index contributed by atoms with van der Waals surface area (Å²) in [5.41, 5.74) is 6.35. The number of nitrogens with zero attached hydrogens (tertiary/aromatic N) is 3. The summed E-state index contributed by atoms with van der Waals surface area (Å²) in [6, 6.07) is 1.73. The smallest absolute Gasteiger partial charge is 0.292 e. The summed E-state index contributed by atoms with van der Waals surface area (Å²) >= 11 is 4.99. The highest BCUT2D eigenvalue weighted by atomic mass is 32.1. The van der Waals surface area contributed by atoms with Gasteiger partial charge in [0.2, 0.25) is 5.76 Å². The molecule has 1 aliphatic heterocycles. The average Bonchev–Trinajstić information content (AvgIpc) is 2.84. The van der Waals surface area contributed by atoms with E-state index in [2.05, 4.69) is 10.1 Å². The summed E-state index contributed by atoms with van der Waals surface area (Å²) in [6.07, 6.45) is 0. The highest BCUT2D eigenvalue weighted by molar-refractivity contribution is 7.80. The van der Waals surface area contributed by atoms with Crippen LogP contribution in [0.1, 0.15) is 23.2 Å². The van der Waals surface area contributed by atoms with Crippen molar-refractivity contribution in [3.8, 4) is 0 Å². The molecule has 1 saturated heterocycles. The number of hydrogen-bond donors (Lipinski definition) is 1. The minimum absolute atomic E-state index is 0.0692. The normalized spacial score (nSPS) is 18.3. The van der Waals surface area contributed by atoms with E-state index >= 15 is 0 Å². The molecule has 0 bridgehead atoms. The maximum Gasteiger partial charge on any atom is 0.292 e. The van der Waals surface area contributed by atoms with Crippen LogP contribution in [0.15, 0.2) is 10.6 Å². The van der Waals surface area contributed by atoms with Crippen LogP contribution in [-0.4, -0.2) is 58.1 Å². The predicted molar refractivity (Wildman–Crippen MR) is 75.0 cm³/mol. The van der Waals surface area contributed by atoms with E-state index in [0.29, 0.717) is 29.5 Å². The summed E-state index contributed by atoms with van der Waals surface area (Å²) in [5.74, 6) is 0.191. The standard InChI is InChI=1S/C12H18N4O2S/c1-8-7-10(18-14-8)12(17)16-5-3-15(4-6-16)9(2)11(13)19/h7,9H,3-6H2,1-2H3,(H2,13,19). The largest absolute Gasteiger partial charge is 0.392 e. The molecular formula is C12H18N4O2S. The topological polar surface area (TPSA) is 75.6 Å². The van der Waals surface area contributed by atoms with Crippen molar-refractivity contribution in [1.29, 1.82) is 0 Å². The molecule has 0 aliphatic carbocycles. The van der Waals surface area contributed by atoms with Gasteiger partial charge in [-0.3, -0.25) is 9.69 Å². The number of piperazine rings is 1. The van der Waals surface area contributed by atoms with E-state index in [1.54, 1.807) is 17.9 Å². The van der Waals surface area contributed by atoms with Crippen LogP contribution in [0, 0.1) is 6.92 Å². The van der Waals surface area contributed by atoms with Crippen molar-refractivity contribution in [2.45, 2.75) is 19.9 Å². The maximum atomic E-state index is 12.1. The Bertz CT molecular complexity index is 480. The first kappa shape index (κ1) is 14.0. The molecule has 1 aromatic rings. The number of carbonyl (C=O) groups is 1. The van der Waals surface area contributed by atoms with Crippen molar-refractivity contribution < 1.29 is 9.32 Å². The molecular weight excluding hydrogens is 264 g/mol. The van der Waals surface area contributed by atoms with Crippen molar-refractivity contribution in [2.75, 3.05) is 26.2 Å². The Morgan fingerprint density at radius 1 is 1.47 bits per heavy atom. The van der Waals surface area contributed by atoms with Crippen molar-refractivity contribution in [1.82, 2.24) is 15.0 Å². The summed E-state index contributed by atoms with van der Waals surface area (Å²) in [5, 5.41) is 3.73. The van der Waals surface area contributed by atoms with Crippen LogP contribution in [0.3, 0.4) is 0 Å². The molecule has 0 aromatic carbocycles. The third-order valence-corrected chi connectivity index (χ3v) is 3.74. The van der Waals surface area contributed by atoms with E-state index in [1.165, 1.54) is 0 Å². The molecule has 19 heavy (non-hydrogen) atoms. The van der Waals surface area contributed by atoms with Gasteiger partial charge in [0.25, 0.3) is 5.91 Å². The lowest BCUT2D eigenvalue weighted by molar-refractivity contribution is 0.0582. The van der Waals surface area contributed by atoms with Crippen LogP contribution in [0.25, 0.3) is 0 Å². The number of amides is 1. The van der Waals surface area contributed by atoms with E-state index in [0.717, 1.165) is 13.1 Å². The first-order chi connectivity index (χ1) is 8.99. The number of aromatic nitrogens is 1. The molecule has 1 unspecified atom stereocenters. The van der Waals surface area contributed by atoms with Gasteiger partial charge >= 0.3 is 0 Å². The third-order valence-electron chi connectivity index (χ3n) is 3.40. The van der Waals surface area contributed by atoms with E-state index in [-0.39, 0.29) is 11.9 Å². The van der Waals surface area contributed by atoms with E-state index in [9.17, 15) is 4.79 Å². The maximum absolute atomic E-state index is 12.1. The highest BCUT2D eigenvalue weighted by Crippen LogP contribution is 2.11. The second-order valence-electron chi connectivity index (χ2n) is 4.74. The Kier molecular flexibility index (Phi) is 4.16. The summed E-state index contributed by atoms with van der Waals surface area (Å²) in [6.45, 7) is 6.59. The lowest BCUT2D eigenvalue weighted by Gasteiger charge is -2.37. The molecule has 1 fully saturated rings. The minimum Gasteiger partial charge on any atom is -0.392 e. The van der Waals surface area contributed by atoms with Crippen molar-refractivity contribution in [3.05, 3.63) is 17.5 Å². The highest BCUT2D eigenvalue weighted by Gasteiger charge is 2.27. The molecule has 1 amide bonds. The summed E-state index contributed by atoms with van der Waals surface area (Å²) < 4.78 is 5.00. The van der Waals surface area contributed by atoms with Crippen LogP contribution in [0.5, 0.6) is 0 Å². The van der Waals surface area contributed by atoms with E-state index < -0.39 is 0 Å². The molecule has 1 atom stereocenters. The van der Waals surface area contributed by atoms with Gasteiger partial charge in [0, 0.05) is 32.2 Å². The van der Waals surface area contributed by atoms with Crippen molar-refractivity contribution >= 4 is 23.1 Å². The molecule has 0 radical (unpaired) electrons. The van der Waals surface area contributed by atoms with Gasteiger partial charge < -0.3 is 15.2 Å². The lowest BCUT2D eigenvalue weighted by atomic mass is 10.2. The fourth-order valence-electron chi connectivity index (χ4n) is 2.11. The predicted octanol–water partition coefficient (Wildman–Crippen LogP) is 0.415. The molecule has 0 spiro atoms. The number of carbonyl (C=O) groups excluding carboxylic acids is 1. The second-order valence-corrected chi connectivity index (χ2v) is 5.21. The summed E-state index contributed by atoms with van der Waals surface area (Å²) in [4.78, 5) is 16.6. The Hall–Kier alpha value is -1.47. The molecule has 104 valence electrons. The summed E-state index contributed by atoms with van der Waals surface area (Å²) in [7, 11) is 0. The van der Waals surface area contributed by atoms with Crippen LogP contribution >= 0.6 is 12.2 Å². The van der Waals surface area contributed by atoms with Gasteiger partial charge in [-0.15, -0.1) is 0 Å². The number of hydrogen-bond acceptors (Lipinski definition) is 5. The van der Waals surface area contributed by atoms with E-state index in [4.69, 9.17) is 22.5 Å². The van der Waals surface area contributed by atoms with Gasteiger partial charge in [0.05, 0.1) is 16.7 Å². The zero-order chi connectivity index (χ0) is 14.0. The quantitative estimate of drug-likeness (QED) is 0.810. The van der Waals surface area contributed by atoms with Gasteiger partial charge in [-0.2, -0.15) is 0 Å². The second kappa shape index (κ2) is 5.66. The fraction of sp³-hybridized carbons (Fsp3) is 0.583. The van der Waals surface area contributed by atoms with E-state index in [1.807, 2.05) is 6.92 Å². The molecule has 1 aliphatic rings. The van der Waals surface area contributed by atoms with Gasteiger partial charge in [0.15, 0.2) is 0 Å². The SMILES string of the molecule is Cc1cc(C(=O)N2CCN(C(C)C(N)=S)CC2)on1. The number of aryl methyl sites for hydroxylation is 1. The van der Waals surface area contributed by atoms with Crippen LogP contribution in [0.4, 0.5) is 0 Å². The van der Waals surface area contributed by atoms with Gasteiger partial charge in [-0.25, -0.2) is 0 Å². The minimum atomic E-state index is -0.108. The zero-order valence-corrected chi connectivity index (χ0v) is 11.9. The Balaban J connectivity index is 1.93. The van der Waals surface area contributed by atoms with Crippen molar-refractivity contribution in [3.63, 3.8) is 0 Å². The number of nitrogens with two attached hydrogens (primary N) is 1. The Morgan fingerprint density at radius 2 is 2.11 bits per heavy atom. The lowest BCUT2D eigenvalue weighted by Crippen LogP contribution is -2.53. The molecule has 2 heterocycles. The molecule has 1 aromatic heterocycles. The first-order valence-electron chi connectivity index (χ1n) is 6.25. The van der Waals surface area contributed by atoms with Gasteiger partial charge in [-0.05, 0) is 13.8 Å². The molecule has 2 N–H and O–H groups in total. The molecule has 7 heteroatoms.